The number of ether oxygens (including phenoxy) is 1. The maximum atomic E-state index is 13.2. The Balaban J connectivity index is 1.59. The van der Waals surface area contributed by atoms with Crippen molar-refractivity contribution in [1.29, 1.82) is 0 Å². The predicted octanol–water partition coefficient (Wildman–Crippen LogP) is 3.98. The lowest BCUT2D eigenvalue weighted by molar-refractivity contribution is 0.0714. The van der Waals surface area contributed by atoms with Crippen molar-refractivity contribution in [3.63, 3.8) is 0 Å². The molecule has 0 bridgehead atoms. The van der Waals surface area contributed by atoms with Crippen LogP contribution in [0.3, 0.4) is 0 Å². The van der Waals surface area contributed by atoms with E-state index in [1.165, 1.54) is 12.8 Å². The molecule has 0 atom stereocenters. The number of piperidine rings is 1. The van der Waals surface area contributed by atoms with Gasteiger partial charge in [0, 0.05) is 36.1 Å². The van der Waals surface area contributed by atoms with E-state index in [4.69, 9.17) is 16.3 Å². The molecule has 3 heterocycles. The van der Waals surface area contributed by atoms with E-state index < -0.39 is 0 Å². The molecule has 1 N–H and O–H groups in total. The van der Waals surface area contributed by atoms with Gasteiger partial charge in [-0.15, -0.1) is 0 Å². The minimum Gasteiger partial charge on any atom is -0.451 e. The number of carbonyl (C=O) groups is 1. The van der Waals surface area contributed by atoms with Crippen LogP contribution >= 0.6 is 11.6 Å². The molecule has 2 saturated heterocycles. The summed E-state index contributed by atoms with van der Waals surface area (Å²) >= 11 is 6.22. The predicted molar refractivity (Wildman–Crippen MR) is 122 cm³/mol. The Morgan fingerprint density at radius 2 is 2.03 bits per heavy atom. The van der Waals surface area contributed by atoms with E-state index in [2.05, 4.69) is 20.2 Å². The fourth-order valence-corrected chi connectivity index (χ4v) is 4.75. The van der Waals surface area contributed by atoms with Crippen LogP contribution in [0.25, 0.3) is 0 Å². The molecular weight excluding hydrogens is 414 g/mol. The molecule has 2 aliphatic heterocycles. The zero-order chi connectivity index (χ0) is 22.0. The Kier molecular flexibility index (Phi) is 6.34. The van der Waals surface area contributed by atoms with Gasteiger partial charge < -0.3 is 19.9 Å². The van der Waals surface area contributed by atoms with Crippen molar-refractivity contribution >= 4 is 23.3 Å². The molecule has 2 fully saturated rings. The highest BCUT2D eigenvalue weighted by Gasteiger charge is 2.44. The molecule has 1 amide bonds. The second-order valence-electron chi connectivity index (χ2n) is 8.74. The summed E-state index contributed by atoms with van der Waals surface area (Å²) in [4.78, 5) is 25.9. The molecule has 1 aromatic carbocycles. The van der Waals surface area contributed by atoms with E-state index in [0.29, 0.717) is 34.0 Å². The number of aromatic nitrogens is 2. The van der Waals surface area contributed by atoms with Gasteiger partial charge in [0.25, 0.3) is 5.91 Å². The normalized spacial score (nSPS) is 17.5. The third kappa shape index (κ3) is 4.48. The Morgan fingerprint density at radius 1 is 1.29 bits per heavy atom. The SMILES string of the molecule is CCN(C(=O)c1cc(Cl)ccc1Oc1cncnc1N1CC2(CCNCC2)C1)C(C)C. The maximum Gasteiger partial charge on any atom is 0.257 e. The van der Waals surface area contributed by atoms with Gasteiger partial charge >= 0.3 is 0 Å². The second kappa shape index (κ2) is 9.01. The van der Waals surface area contributed by atoms with Crippen molar-refractivity contribution in [2.45, 2.75) is 39.7 Å². The van der Waals surface area contributed by atoms with Gasteiger partial charge in [0.1, 0.15) is 12.1 Å². The molecule has 1 aromatic heterocycles. The van der Waals surface area contributed by atoms with Crippen LogP contribution in [0, 0.1) is 5.41 Å². The molecule has 7 nitrogen and oxygen atoms in total. The quantitative estimate of drug-likeness (QED) is 0.728. The van der Waals surface area contributed by atoms with Crippen molar-refractivity contribution in [1.82, 2.24) is 20.2 Å². The molecule has 31 heavy (non-hydrogen) atoms. The van der Waals surface area contributed by atoms with Gasteiger partial charge in [-0.2, -0.15) is 0 Å². The number of nitrogens with one attached hydrogen (secondary N) is 1. The average Bonchev–Trinajstić information content (AvgIpc) is 2.74. The minimum atomic E-state index is -0.106. The van der Waals surface area contributed by atoms with Crippen LogP contribution in [0.2, 0.25) is 5.02 Å². The Hall–Kier alpha value is -2.38. The summed E-state index contributed by atoms with van der Waals surface area (Å²) in [6.07, 6.45) is 5.57. The van der Waals surface area contributed by atoms with Crippen LogP contribution in [0.15, 0.2) is 30.7 Å². The number of hydrogen-bond donors (Lipinski definition) is 1. The molecule has 2 aromatic rings. The van der Waals surface area contributed by atoms with Crippen molar-refractivity contribution < 1.29 is 9.53 Å². The number of nitrogens with zero attached hydrogens (tertiary/aromatic N) is 4. The fraction of sp³-hybridized carbons (Fsp3) is 0.522. The summed E-state index contributed by atoms with van der Waals surface area (Å²) in [6, 6.07) is 5.21. The van der Waals surface area contributed by atoms with Gasteiger partial charge in [-0.05, 0) is 64.9 Å². The first-order valence-corrected chi connectivity index (χ1v) is 11.3. The maximum absolute atomic E-state index is 13.2. The third-order valence-corrected chi connectivity index (χ3v) is 6.53. The lowest BCUT2D eigenvalue weighted by Gasteiger charge is -2.53. The summed E-state index contributed by atoms with van der Waals surface area (Å²) in [7, 11) is 0. The molecule has 1 spiro atoms. The van der Waals surface area contributed by atoms with Gasteiger partial charge in [0.15, 0.2) is 11.6 Å². The molecule has 0 unspecified atom stereocenters. The highest BCUT2D eigenvalue weighted by molar-refractivity contribution is 6.31. The van der Waals surface area contributed by atoms with E-state index in [1.54, 1.807) is 35.6 Å². The van der Waals surface area contributed by atoms with E-state index in [1.807, 2.05) is 20.8 Å². The molecule has 0 radical (unpaired) electrons. The Labute approximate surface area is 188 Å². The summed E-state index contributed by atoms with van der Waals surface area (Å²) in [5, 5.41) is 3.93. The molecule has 4 rings (SSSR count). The third-order valence-electron chi connectivity index (χ3n) is 6.29. The van der Waals surface area contributed by atoms with Crippen molar-refractivity contribution in [3.05, 3.63) is 41.3 Å². The van der Waals surface area contributed by atoms with Gasteiger partial charge in [-0.25, -0.2) is 9.97 Å². The summed E-state index contributed by atoms with van der Waals surface area (Å²) < 4.78 is 6.24. The topological polar surface area (TPSA) is 70.6 Å². The van der Waals surface area contributed by atoms with Crippen LogP contribution in [0.5, 0.6) is 11.5 Å². The number of rotatable bonds is 6. The first-order chi connectivity index (χ1) is 14.9. The van der Waals surface area contributed by atoms with E-state index in [0.717, 1.165) is 32.0 Å². The Bertz CT molecular complexity index is 937. The molecular formula is C23H30ClN5O2. The highest BCUT2D eigenvalue weighted by atomic mass is 35.5. The van der Waals surface area contributed by atoms with Crippen LogP contribution in [0.1, 0.15) is 44.0 Å². The number of hydrogen-bond acceptors (Lipinski definition) is 6. The molecule has 8 heteroatoms. The standard InChI is InChI=1S/C23H30ClN5O2/c1-4-29(16(2)3)22(30)18-11-17(24)5-6-19(18)31-20-12-26-15-27-21(20)28-13-23(14-28)7-9-25-10-8-23/h5-6,11-12,15-16,25H,4,7-10,13-14H2,1-3H3. The molecule has 0 aliphatic carbocycles. The van der Waals surface area contributed by atoms with Gasteiger partial charge in [0.05, 0.1) is 11.8 Å². The molecule has 166 valence electrons. The molecule has 0 saturated carbocycles. The summed E-state index contributed by atoms with van der Waals surface area (Å²) in [5.41, 5.74) is 0.810. The van der Waals surface area contributed by atoms with Crippen LogP contribution in [0.4, 0.5) is 5.82 Å². The highest BCUT2D eigenvalue weighted by Crippen LogP contribution is 2.43. The zero-order valence-corrected chi connectivity index (χ0v) is 19.2. The van der Waals surface area contributed by atoms with Crippen molar-refractivity contribution in [2.24, 2.45) is 5.41 Å². The van der Waals surface area contributed by atoms with E-state index in [9.17, 15) is 4.79 Å². The van der Waals surface area contributed by atoms with Gasteiger partial charge in [-0.3, -0.25) is 4.79 Å². The number of anilines is 1. The van der Waals surface area contributed by atoms with Crippen molar-refractivity contribution in [3.8, 4) is 11.5 Å². The Morgan fingerprint density at radius 3 is 2.71 bits per heavy atom. The van der Waals surface area contributed by atoms with Crippen LogP contribution in [-0.2, 0) is 0 Å². The van der Waals surface area contributed by atoms with Crippen LogP contribution < -0.4 is 15.0 Å². The lowest BCUT2D eigenvalue weighted by Crippen LogP contribution is -2.60. The van der Waals surface area contributed by atoms with Gasteiger partial charge in [-0.1, -0.05) is 11.6 Å². The average molecular weight is 444 g/mol. The number of benzene rings is 1. The first kappa shape index (κ1) is 21.8. The van der Waals surface area contributed by atoms with Crippen molar-refractivity contribution in [2.75, 3.05) is 37.6 Å². The van der Waals surface area contributed by atoms with E-state index >= 15 is 0 Å². The zero-order valence-electron chi connectivity index (χ0n) is 18.4. The number of halogens is 1. The largest absolute Gasteiger partial charge is 0.451 e. The van der Waals surface area contributed by atoms with Gasteiger partial charge in [0.2, 0.25) is 0 Å². The first-order valence-electron chi connectivity index (χ1n) is 11.0. The summed E-state index contributed by atoms with van der Waals surface area (Å²) in [5.74, 6) is 1.67. The second-order valence-corrected chi connectivity index (χ2v) is 9.18. The monoisotopic (exact) mass is 443 g/mol. The number of carbonyl (C=O) groups excluding carboxylic acids is 1. The van der Waals surface area contributed by atoms with E-state index in [-0.39, 0.29) is 11.9 Å². The lowest BCUT2D eigenvalue weighted by atomic mass is 9.72. The molecule has 2 aliphatic rings. The minimum absolute atomic E-state index is 0.0715. The fourth-order valence-electron chi connectivity index (χ4n) is 4.58. The van der Waals surface area contributed by atoms with Crippen LogP contribution in [-0.4, -0.2) is 59.5 Å². The summed E-state index contributed by atoms with van der Waals surface area (Å²) in [6.45, 7) is 10.6. The smallest absolute Gasteiger partial charge is 0.257 e. The number of amides is 1.